The smallest absolute Gasteiger partial charge is 0.229 e. The molecule has 0 radical (unpaired) electrons. The van der Waals surface area contributed by atoms with Crippen LogP contribution >= 0.6 is 0 Å². The Balaban J connectivity index is 1.33. The molecule has 148 valence electrons. The third-order valence-electron chi connectivity index (χ3n) is 4.84. The van der Waals surface area contributed by atoms with Gasteiger partial charge in [0, 0.05) is 45.5 Å². The maximum atomic E-state index is 12.3. The van der Waals surface area contributed by atoms with Gasteiger partial charge in [0.25, 0.3) is 0 Å². The van der Waals surface area contributed by atoms with Crippen molar-refractivity contribution in [3.05, 3.63) is 30.3 Å². The van der Waals surface area contributed by atoms with Crippen molar-refractivity contribution in [2.45, 2.75) is 37.8 Å². The average molecular weight is 374 g/mol. The number of hydrogen-bond donors (Lipinski definition) is 2. The minimum Gasteiger partial charge on any atom is -0.379 e. The Bertz CT molecular complexity index is 617. The second-order valence-corrected chi connectivity index (χ2v) is 6.95. The normalized spacial score (nSPS) is 23.1. The maximum Gasteiger partial charge on any atom is 0.229 e. The highest BCUT2D eigenvalue weighted by molar-refractivity contribution is 5.97. The number of carbonyl (C=O) groups is 1. The van der Waals surface area contributed by atoms with E-state index in [1.54, 1.807) is 7.05 Å². The number of amides is 1. The second-order valence-electron chi connectivity index (χ2n) is 6.95. The van der Waals surface area contributed by atoms with E-state index in [1.165, 1.54) is 0 Å². The number of anilines is 1. The van der Waals surface area contributed by atoms with Crippen LogP contribution in [0.5, 0.6) is 0 Å². The summed E-state index contributed by atoms with van der Waals surface area (Å²) < 4.78 is 11.2. The molecule has 1 amide bonds. The number of para-hydroxylation sites is 1. The van der Waals surface area contributed by atoms with E-state index < -0.39 is 0 Å². The largest absolute Gasteiger partial charge is 0.379 e. The molecule has 0 saturated carbocycles. The van der Waals surface area contributed by atoms with E-state index in [9.17, 15) is 4.79 Å². The van der Waals surface area contributed by atoms with Gasteiger partial charge in [-0.25, -0.2) is 0 Å². The summed E-state index contributed by atoms with van der Waals surface area (Å²) in [4.78, 5) is 18.4. The zero-order valence-corrected chi connectivity index (χ0v) is 16.0. The molecule has 2 fully saturated rings. The van der Waals surface area contributed by atoms with Crippen LogP contribution in [0, 0.1) is 0 Å². The number of ether oxygens (including phenoxy) is 2. The van der Waals surface area contributed by atoms with Gasteiger partial charge in [0.2, 0.25) is 5.91 Å². The summed E-state index contributed by atoms with van der Waals surface area (Å²) in [6.07, 6.45) is 3.89. The predicted molar refractivity (Wildman–Crippen MR) is 106 cm³/mol. The van der Waals surface area contributed by atoms with Crippen LogP contribution in [0.1, 0.15) is 25.7 Å². The van der Waals surface area contributed by atoms with Crippen LogP contribution in [0.15, 0.2) is 35.3 Å². The number of nitrogens with zero attached hydrogens (tertiary/aromatic N) is 2. The van der Waals surface area contributed by atoms with E-state index >= 15 is 0 Å². The number of hydrogen-bond acceptors (Lipinski definition) is 4. The lowest BCUT2D eigenvalue weighted by atomic mass is 10.2. The monoisotopic (exact) mass is 374 g/mol. The molecule has 2 saturated heterocycles. The van der Waals surface area contributed by atoms with Crippen LogP contribution in [-0.4, -0.2) is 64.0 Å². The standard InChI is InChI=1S/C20H30N4O3/c1-21-20(22-10-6-11-26-15-18-9-5-12-27-18)23-16-13-19(25)24(14-16)17-7-3-2-4-8-17/h2-4,7-8,16,18H,5-6,9-15H2,1H3,(H2,21,22,23). The van der Waals surface area contributed by atoms with Gasteiger partial charge in [-0.05, 0) is 31.4 Å². The Labute approximate surface area is 161 Å². The van der Waals surface area contributed by atoms with E-state index in [1.807, 2.05) is 35.2 Å². The quantitative estimate of drug-likeness (QED) is 0.410. The number of benzene rings is 1. The molecule has 3 rings (SSSR count). The van der Waals surface area contributed by atoms with Gasteiger partial charge in [-0.15, -0.1) is 0 Å². The first-order valence-corrected chi connectivity index (χ1v) is 9.78. The second kappa shape index (κ2) is 10.3. The molecule has 7 heteroatoms. The van der Waals surface area contributed by atoms with Crippen LogP contribution < -0.4 is 15.5 Å². The summed E-state index contributed by atoms with van der Waals surface area (Å²) in [5.41, 5.74) is 0.943. The van der Waals surface area contributed by atoms with Crippen molar-refractivity contribution in [1.82, 2.24) is 10.6 Å². The molecule has 2 atom stereocenters. The van der Waals surface area contributed by atoms with Gasteiger partial charge >= 0.3 is 0 Å². The number of rotatable bonds is 8. The van der Waals surface area contributed by atoms with E-state index in [-0.39, 0.29) is 18.1 Å². The molecular weight excluding hydrogens is 344 g/mol. The molecule has 1 aromatic carbocycles. The summed E-state index contributed by atoms with van der Waals surface area (Å²) in [5.74, 6) is 0.860. The Kier molecular flexibility index (Phi) is 7.47. The molecule has 2 heterocycles. The molecule has 2 aliphatic rings. The van der Waals surface area contributed by atoms with Gasteiger partial charge in [-0.1, -0.05) is 18.2 Å². The van der Waals surface area contributed by atoms with Crippen molar-refractivity contribution in [2.75, 3.05) is 44.9 Å². The Morgan fingerprint density at radius 3 is 2.96 bits per heavy atom. The average Bonchev–Trinajstić information content (AvgIpc) is 3.33. The van der Waals surface area contributed by atoms with Crippen molar-refractivity contribution in [2.24, 2.45) is 4.99 Å². The fraction of sp³-hybridized carbons (Fsp3) is 0.600. The lowest BCUT2D eigenvalue weighted by Crippen LogP contribution is -2.45. The molecule has 2 aliphatic heterocycles. The number of guanidine groups is 1. The predicted octanol–water partition coefficient (Wildman–Crippen LogP) is 1.54. The molecule has 7 nitrogen and oxygen atoms in total. The molecule has 0 bridgehead atoms. The highest BCUT2D eigenvalue weighted by atomic mass is 16.5. The number of carbonyl (C=O) groups excluding carboxylic acids is 1. The van der Waals surface area contributed by atoms with Crippen LogP contribution in [0.4, 0.5) is 5.69 Å². The molecule has 0 aliphatic carbocycles. The molecule has 2 unspecified atom stereocenters. The van der Waals surface area contributed by atoms with E-state index in [2.05, 4.69) is 15.6 Å². The van der Waals surface area contributed by atoms with Gasteiger partial charge in [0.1, 0.15) is 0 Å². The van der Waals surface area contributed by atoms with Crippen LogP contribution in [-0.2, 0) is 14.3 Å². The molecular formula is C20H30N4O3. The fourth-order valence-corrected chi connectivity index (χ4v) is 3.42. The molecule has 0 aromatic heterocycles. The molecule has 0 spiro atoms. The lowest BCUT2D eigenvalue weighted by molar-refractivity contribution is -0.117. The van der Waals surface area contributed by atoms with Gasteiger partial charge in [0.05, 0.1) is 18.8 Å². The van der Waals surface area contributed by atoms with Crippen molar-refractivity contribution in [3.8, 4) is 0 Å². The Morgan fingerprint density at radius 1 is 1.37 bits per heavy atom. The summed E-state index contributed by atoms with van der Waals surface area (Å²) in [5, 5.41) is 6.64. The Morgan fingerprint density at radius 2 is 2.22 bits per heavy atom. The molecule has 2 N–H and O–H groups in total. The van der Waals surface area contributed by atoms with Gasteiger partial charge in [-0.2, -0.15) is 0 Å². The van der Waals surface area contributed by atoms with Gasteiger partial charge in [-0.3, -0.25) is 9.79 Å². The summed E-state index contributed by atoms with van der Waals surface area (Å²) in [6, 6.07) is 9.83. The van der Waals surface area contributed by atoms with Crippen molar-refractivity contribution in [3.63, 3.8) is 0 Å². The minimum atomic E-state index is 0.0553. The number of nitrogens with one attached hydrogen (secondary N) is 2. The van der Waals surface area contributed by atoms with E-state index in [4.69, 9.17) is 9.47 Å². The third-order valence-corrected chi connectivity index (χ3v) is 4.84. The van der Waals surface area contributed by atoms with E-state index in [0.717, 1.165) is 44.1 Å². The highest BCUT2D eigenvalue weighted by Gasteiger charge is 2.30. The zero-order valence-electron chi connectivity index (χ0n) is 16.0. The van der Waals surface area contributed by atoms with Crippen LogP contribution in [0.3, 0.4) is 0 Å². The lowest BCUT2D eigenvalue weighted by Gasteiger charge is -2.19. The fourth-order valence-electron chi connectivity index (χ4n) is 3.42. The van der Waals surface area contributed by atoms with Crippen LogP contribution in [0.2, 0.25) is 0 Å². The first-order chi connectivity index (χ1) is 13.3. The summed E-state index contributed by atoms with van der Waals surface area (Å²) >= 11 is 0. The Hall–Kier alpha value is -2.12. The highest BCUT2D eigenvalue weighted by Crippen LogP contribution is 2.20. The maximum absolute atomic E-state index is 12.3. The summed E-state index contributed by atoms with van der Waals surface area (Å²) in [6.45, 7) is 3.67. The van der Waals surface area contributed by atoms with Crippen LogP contribution in [0.25, 0.3) is 0 Å². The third kappa shape index (κ3) is 5.94. The first-order valence-electron chi connectivity index (χ1n) is 9.78. The first kappa shape index (κ1) is 19.6. The summed E-state index contributed by atoms with van der Waals surface area (Å²) in [7, 11) is 1.75. The zero-order chi connectivity index (χ0) is 18.9. The van der Waals surface area contributed by atoms with Gasteiger partial charge in [0.15, 0.2) is 5.96 Å². The molecule has 27 heavy (non-hydrogen) atoms. The minimum absolute atomic E-state index is 0.0553. The molecule has 1 aromatic rings. The van der Waals surface area contributed by atoms with Crippen molar-refractivity contribution in [1.29, 1.82) is 0 Å². The SMILES string of the molecule is CN=C(NCCCOCC1CCCO1)NC1CC(=O)N(c2ccccc2)C1. The topological polar surface area (TPSA) is 75.2 Å². The van der Waals surface area contributed by atoms with E-state index in [0.29, 0.717) is 26.2 Å². The van der Waals surface area contributed by atoms with Crippen molar-refractivity contribution >= 4 is 17.6 Å². The van der Waals surface area contributed by atoms with Crippen molar-refractivity contribution < 1.29 is 14.3 Å². The van der Waals surface area contributed by atoms with Gasteiger partial charge < -0.3 is 25.0 Å². The number of aliphatic imine (C=N–C) groups is 1.